The number of aromatic nitrogens is 2. The Morgan fingerprint density at radius 2 is 1.83 bits per heavy atom. The fourth-order valence-electron chi connectivity index (χ4n) is 2.46. The van der Waals surface area contributed by atoms with Gasteiger partial charge in [-0.15, -0.1) is 0 Å². The van der Waals surface area contributed by atoms with Gasteiger partial charge in [-0.1, -0.05) is 42.5 Å². The lowest BCUT2D eigenvalue weighted by molar-refractivity contribution is 0.100. The van der Waals surface area contributed by atoms with Gasteiger partial charge in [-0.25, -0.2) is 4.39 Å². The van der Waals surface area contributed by atoms with E-state index in [-0.39, 0.29) is 17.2 Å². The highest BCUT2D eigenvalue weighted by molar-refractivity contribution is 6.03. The molecule has 1 heterocycles. The third-order valence-electron chi connectivity index (χ3n) is 3.62. The molecule has 1 amide bonds. The van der Waals surface area contributed by atoms with Crippen molar-refractivity contribution < 1.29 is 9.18 Å². The van der Waals surface area contributed by atoms with E-state index in [1.54, 1.807) is 30.3 Å². The Morgan fingerprint density at radius 3 is 2.48 bits per heavy atom. The number of rotatable bonds is 4. The number of nitrogen functional groups attached to an aromatic ring is 1. The van der Waals surface area contributed by atoms with Crippen molar-refractivity contribution in [2.24, 2.45) is 5.73 Å². The maximum Gasteiger partial charge on any atom is 0.254 e. The van der Waals surface area contributed by atoms with Gasteiger partial charge in [0.15, 0.2) is 0 Å². The Labute approximate surface area is 132 Å². The first-order valence-electron chi connectivity index (χ1n) is 7.02. The van der Waals surface area contributed by atoms with Crippen LogP contribution in [-0.2, 0) is 6.42 Å². The highest BCUT2D eigenvalue weighted by atomic mass is 19.1. The second-order valence-corrected chi connectivity index (χ2v) is 5.19. The van der Waals surface area contributed by atoms with Gasteiger partial charge < -0.3 is 11.5 Å². The second-order valence-electron chi connectivity index (χ2n) is 5.19. The number of nitrogens with two attached hydrogens (primary N) is 2. The van der Waals surface area contributed by atoms with E-state index in [2.05, 4.69) is 10.2 Å². The van der Waals surface area contributed by atoms with E-state index >= 15 is 0 Å². The third-order valence-corrected chi connectivity index (χ3v) is 3.62. The summed E-state index contributed by atoms with van der Waals surface area (Å²) in [5.41, 5.74) is 13.9. The molecule has 0 bridgehead atoms. The van der Waals surface area contributed by atoms with Crippen LogP contribution in [0.3, 0.4) is 0 Å². The molecule has 5 N–H and O–H groups in total. The molecule has 1 aromatic heterocycles. The van der Waals surface area contributed by atoms with Gasteiger partial charge in [-0.3, -0.25) is 9.89 Å². The number of primary amides is 1. The zero-order chi connectivity index (χ0) is 16.4. The van der Waals surface area contributed by atoms with Crippen molar-refractivity contribution in [3.05, 3.63) is 71.0 Å². The number of H-pyrrole nitrogens is 1. The maximum atomic E-state index is 13.7. The van der Waals surface area contributed by atoms with E-state index in [1.165, 1.54) is 6.07 Å². The second kappa shape index (κ2) is 5.92. The Balaban J connectivity index is 1.89. The lowest BCUT2D eigenvalue weighted by Crippen LogP contribution is -2.13. The first-order valence-corrected chi connectivity index (χ1v) is 7.02. The number of carbonyl (C=O) groups excluding carboxylic acids is 1. The molecule has 6 heteroatoms. The summed E-state index contributed by atoms with van der Waals surface area (Å²) in [6.45, 7) is 0. The largest absolute Gasteiger partial charge is 0.383 e. The van der Waals surface area contributed by atoms with Gasteiger partial charge in [-0.05, 0) is 17.2 Å². The molecule has 0 radical (unpaired) electrons. The monoisotopic (exact) mass is 310 g/mol. The van der Waals surface area contributed by atoms with Crippen LogP contribution >= 0.6 is 0 Å². The topological polar surface area (TPSA) is 97.8 Å². The van der Waals surface area contributed by atoms with Crippen LogP contribution in [0.4, 0.5) is 10.2 Å². The Morgan fingerprint density at radius 1 is 1.13 bits per heavy atom. The number of carbonyl (C=O) groups is 1. The molecule has 23 heavy (non-hydrogen) atoms. The van der Waals surface area contributed by atoms with Crippen LogP contribution < -0.4 is 11.5 Å². The smallest absolute Gasteiger partial charge is 0.254 e. The van der Waals surface area contributed by atoms with E-state index in [0.29, 0.717) is 23.2 Å². The highest BCUT2D eigenvalue weighted by Gasteiger charge is 2.17. The molecule has 5 nitrogen and oxygen atoms in total. The van der Waals surface area contributed by atoms with Crippen LogP contribution in [-0.4, -0.2) is 16.1 Å². The summed E-state index contributed by atoms with van der Waals surface area (Å²) in [5.74, 6) is -0.725. The maximum absolute atomic E-state index is 13.7. The molecular weight excluding hydrogens is 295 g/mol. The van der Waals surface area contributed by atoms with Crippen LogP contribution in [0.15, 0.2) is 48.5 Å². The Kier molecular flexibility index (Phi) is 3.80. The molecule has 0 aliphatic heterocycles. The minimum absolute atomic E-state index is 0.142. The number of halogens is 1. The minimum Gasteiger partial charge on any atom is -0.383 e. The van der Waals surface area contributed by atoms with Crippen molar-refractivity contribution in [3.63, 3.8) is 0 Å². The van der Waals surface area contributed by atoms with Gasteiger partial charge in [0.05, 0.1) is 0 Å². The zero-order valence-electron chi connectivity index (χ0n) is 12.2. The molecule has 0 aliphatic rings. The summed E-state index contributed by atoms with van der Waals surface area (Å²) < 4.78 is 13.7. The summed E-state index contributed by atoms with van der Waals surface area (Å²) in [6.07, 6.45) is 0.484. The fraction of sp³-hybridized carbons (Fsp3) is 0.0588. The summed E-state index contributed by atoms with van der Waals surface area (Å²) >= 11 is 0. The summed E-state index contributed by atoms with van der Waals surface area (Å²) in [7, 11) is 0. The van der Waals surface area contributed by atoms with Crippen molar-refractivity contribution in [2.75, 3.05) is 5.73 Å². The van der Waals surface area contributed by atoms with Crippen LogP contribution in [0, 0.1) is 5.82 Å². The molecule has 0 aliphatic carbocycles. The Hall–Kier alpha value is -3.15. The van der Waals surface area contributed by atoms with Gasteiger partial charge >= 0.3 is 0 Å². The van der Waals surface area contributed by atoms with E-state index in [9.17, 15) is 9.18 Å². The van der Waals surface area contributed by atoms with Crippen LogP contribution in [0.25, 0.3) is 11.3 Å². The molecule has 0 saturated heterocycles. The van der Waals surface area contributed by atoms with E-state index in [4.69, 9.17) is 11.5 Å². The van der Waals surface area contributed by atoms with Gasteiger partial charge in [0, 0.05) is 12.0 Å². The number of amides is 1. The molecule has 3 aromatic rings. The molecule has 3 rings (SSSR count). The van der Waals surface area contributed by atoms with E-state index in [1.807, 2.05) is 12.1 Å². The SMILES string of the molecule is NC(=O)c1c(-c2ccc(Cc3ccccc3F)cc2)n[nH]c1N. The molecule has 116 valence electrons. The number of anilines is 1. The quantitative estimate of drug-likeness (QED) is 0.690. The normalized spacial score (nSPS) is 10.7. The predicted octanol–water partition coefficient (Wildman–Crippen LogP) is 2.49. The van der Waals surface area contributed by atoms with Gasteiger partial charge in [0.2, 0.25) is 0 Å². The molecule has 2 aromatic carbocycles. The lowest BCUT2D eigenvalue weighted by Gasteiger charge is -2.05. The number of hydrogen-bond acceptors (Lipinski definition) is 3. The van der Waals surface area contributed by atoms with E-state index in [0.717, 1.165) is 5.56 Å². The first kappa shape index (κ1) is 14.8. The molecule has 0 saturated carbocycles. The number of aromatic amines is 1. The van der Waals surface area contributed by atoms with Crippen molar-refractivity contribution in [2.45, 2.75) is 6.42 Å². The van der Waals surface area contributed by atoms with Crippen LogP contribution in [0.5, 0.6) is 0 Å². The third kappa shape index (κ3) is 2.91. The minimum atomic E-state index is -0.637. The summed E-state index contributed by atoms with van der Waals surface area (Å²) in [6, 6.07) is 14.0. The Bertz CT molecular complexity index is 855. The standard InChI is InChI=1S/C17H15FN4O/c18-13-4-2-1-3-12(13)9-10-5-7-11(8-6-10)15-14(17(20)23)16(19)22-21-15/h1-8H,9H2,(H2,20,23)(H3,19,21,22). The van der Waals surface area contributed by atoms with Gasteiger partial charge in [0.1, 0.15) is 22.9 Å². The number of nitrogens with zero attached hydrogens (tertiary/aromatic N) is 1. The van der Waals surface area contributed by atoms with Crippen molar-refractivity contribution in [3.8, 4) is 11.3 Å². The summed E-state index contributed by atoms with van der Waals surface area (Å²) in [4.78, 5) is 11.5. The molecular formula is C17H15FN4O. The van der Waals surface area contributed by atoms with Gasteiger partial charge in [0.25, 0.3) is 5.91 Å². The van der Waals surface area contributed by atoms with E-state index < -0.39 is 5.91 Å². The number of benzene rings is 2. The molecule has 0 fully saturated rings. The average Bonchev–Trinajstić information content (AvgIpc) is 2.92. The molecule has 0 spiro atoms. The average molecular weight is 310 g/mol. The van der Waals surface area contributed by atoms with Gasteiger partial charge in [-0.2, -0.15) is 5.10 Å². The van der Waals surface area contributed by atoms with Crippen LogP contribution in [0.2, 0.25) is 0 Å². The number of hydrogen-bond donors (Lipinski definition) is 3. The van der Waals surface area contributed by atoms with Crippen molar-refractivity contribution in [1.82, 2.24) is 10.2 Å². The van der Waals surface area contributed by atoms with Crippen molar-refractivity contribution >= 4 is 11.7 Å². The zero-order valence-corrected chi connectivity index (χ0v) is 12.2. The first-order chi connectivity index (χ1) is 11.1. The highest BCUT2D eigenvalue weighted by Crippen LogP contribution is 2.25. The van der Waals surface area contributed by atoms with Crippen LogP contribution in [0.1, 0.15) is 21.5 Å². The lowest BCUT2D eigenvalue weighted by atomic mass is 10.0. The predicted molar refractivity (Wildman–Crippen MR) is 86.2 cm³/mol. The summed E-state index contributed by atoms with van der Waals surface area (Å²) in [5, 5.41) is 6.58. The molecule has 0 atom stereocenters. The fourth-order valence-corrected chi connectivity index (χ4v) is 2.46. The number of nitrogens with one attached hydrogen (secondary N) is 1. The van der Waals surface area contributed by atoms with Crippen molar-refractivity contribution in [1.29, 1.82) is 0 Å². The molecule has 0 unspecified atom stereocenters.